The molecule has 3 heteroatoms. The van der Waals surface area contributed by atoms with Gasteiger partial charge in [0.05, 0.1) is 6.10 Å². The molecule has 0 saturated heterocycles. The molecule has 1 saturated carbocycles. The molecule has 1 aliphatic carbocycles. The largest absolute Gasteiger partial charge is 0.459 e. The van der Waals surface area contributed by atoms with Crippen LogP contribution in [-0.2, 0) is 14.3 Å². The summed E-state index contributed by atoms with van der Waals surface area (Å²) in [4.78, 5) is 11.6. The molecule has 1 rings (SSSR count). The minimum atomic E-state index is -0.253. The van der Waals surface area contributed by atoms with Crippen molar-refractivity contribution in [3.05, 3.63) is 12.2 Å². The zero-order chi connectivity index (χ0) is 21.2. The van der Waals surface area contributed by atoms with E-state index in [1.807, 2.05) is 0 Å². The number of unbranched alkanes of at least 4 members (excludes halogenated alkanes) is 13. The molecule has 0 amide bonds. The highest BCUT2D eigenvalue weighted by Gasteiger charge is 2.24. The smallest absolute Gasteiger partial charge is 0.333 e. The predicted molar refractivity (Wildman–Crippen MR) is 123 cm³/mol. The van der Waals surface area contributed by atoms with E-state index in [1.165, 1.54) is 89.9 Å². The van der Waals surface area contributed by atoms with E-state index in [2.05, 4.69) is 13.5 Å². The van der Waals surface area contributed by atoms with Crippen LogP contribution in [0.1, 0.15) is 129 Å². The molecular weight excluding hydrogens is 360 g/mol. The summed E-state index contributed by atoms with van der Waals surface area (Å²) < 4.78 is 11.5. The number of hydrogen-bond acceptors (Lipinski definition) is 3. The Morgan fingerprint density at radius 2 is 1.14 bits per heavy atom. The number of ether oxygens (including phenoxy) is 2. The van der Waals surface area contributed by atoms with E-state index in [0.717, 1.165) is 32.3 Å². The molecule has 1 fully saturated rings. The Bertz CT molecular complexity index is 410. The lowest BCUT2D eigenvalue weighted by molar-refractivity contribution is -0.147. The Kier molecular flexibility index (Phi) is 16.2. The minimum absolute atomic E-state index is 0.0557. The second kappa shape index (κ2) is 18.0. The van der Waals surface area contributed by atoms with Gasteiger partial charge in [0.25, 0.3) is 0 Å². The van der Waals surface area contributed by atoms with E-state index in [0.29, 0.717) is 11.7 Å². The maximum absolute atomic E-state index is 11.6. The zero-order valence-electron chi connectivity index (χ0n) is 19.5. The fraction of sp³-hybridized carbons (Fsp3) is 0.885. The predicted octanol–water partition coefficient (Wildman–Crippen LogP) is 7.91. The van der Waals surface area contributed by atoms with E-state index in [-0.39, 0.29) is 12.1 Å². The normalized spacial score (nSPS) is 19.2. The number of carbonyl (C=O) groups is 1. The standard InChI is InChI=1S/C26H48O3/c1-4-5-6-7-8-9-10-11-12-13-14-15-16-17-22-28-24-18-20-25(21-19-24)29-26(27)23(2)3/h24-25H,2,4-22H2,1,3H3. The highest BCUT2D eigenvalue weighted by Crippen LogP contribution is 2.24. The van der Waals surface area contributed by atoms with E-state index in [9.17, 15) is 4.79 Å². The molecule has 0 aromatic carbocycles. The number of esters is 1. The Labute approximate surface area is 181 Å². The van der Waals surface area contributed by atoms with Gasteiger partial charge in [0, 0.05) is 12.2 Å². The minimum Gasteiger partial charge on any atom is -0.459 e. The average molecular weight is 409 g/mol. The highest BCUT2D eigenvalue weighted by atomic mass is 16.5. The van der Waals surface area contributed by atoms with E-state index >= 15 is 0 Å². The number of carbonyl (C=O) groups excluding carboxylic acids is 1. The van der Waals surface area contributed by atoms with Gasteiger partial charge in [0.15, 0.2) is 0 Å². The molecule has 0 N–H and O–H groups in total. The van der Waals surface area contributed by atoms with Gasteiger partial charge in [-0.3, -0.25) is 0 Å². The lowest BCUT2D eigenvalue weighted by Crippen LogP contribution is -2.28. The summed E-state index contributed by atoms with van der Waals surface area (Å²) in [5, 5.41) is 0. The van der Waals surface area contributed by atoms with E-state index in [1.54, 1.807) is 6.92 Å². The van der Waals surface area contributed by atoms with Gasteiger partial charge in [0.2, 0.25) is 0 Å². The van der Waals surface area contributed by atoms with Crippen molar-refractivity contribution in [3.63, 3.8) is 0 Å². The van der Waals surface area contributed by atoms with Crippen molar-refractivity contribution in [2.75, 3.05) is 6.61 Å². The van der Waals surface area contributed by atoms with Gasteiger partial charge in [0.1, 0.15) is 6.10 Å². The van der Waals surface area contributed by atoms with Crippen LogP contribution in [0.5, 0.6) is 0 Å². The fourth-order valence-electron chi connectivity index (χ4n) is 4.12. The lowest BCUT2D eigenvalue weighted by atomic mass is 9.95. The molecule has 0 aliphatic heterocycles. The van der Waals surface area contributed by atoms with Crippen LogP contribution in [0.2, 0.25) is 0 Å². The highest BCUT2D eigenvalue weighted by molar-refractivity contribution is 5.87. The molecule has 0 atom stereocenters. The Morgan fingerprint density at radius 3 is 1.59 bits per heavy atom. The molecule has 0 bridgehead atoms. The Balaban J connectivity index is 1.80. The summed E-state index contributed by atoms with van der Waals surface area (Å²) in [6, 6.07) is 0. The molecule has 170 valence electrons. The zero-order valence-corrected chi connectivity index (χ0v) is 19.5. The maximum Gasteiger partial charge on any atom is 0.333 e. The first-order valence-corrected chi connectivity index (χ1v) is 12.6. The van der Waals surface area contributed by atoms with Crippen LogP contribution in [0.4, 0.5) is 0 Å². The molecule has 0 heterocycles. The van der Waals surface area contributed by atoms with Gasteiger partial charge in [-0.2, -0.15) is 0 Å². The van der Waals surface area contributed by atoms with Crippen molar-refractivity contribution in [3.8, 4) is 0 Å². The number of hydrogen-bond donors (Lipinski definition) is 0. The van der Waals surface area contributed by atoms with Crippen molar-refractivity contribution in [2.24, 2.45) is 0 Å². The van der Waals surface area contributed by atoms with Crippen LogP contribution in [0.15, 0.2) is 12.2 Å². The van der Waals surface area contributed by atoms with Crippen molar-refractivity contribution in [1.29, 1.82) is 0 Å². The first-order chi connectivity index (χ1) is 14.1. The van der Waals surface area contributed by atoms with Crippen LogP contribution in [0, 0.1) is 0 Å². The van der Waals surface area contributed by atoms with Gasteiger partial charge in [-0.15, -0.1) is 0 Å². The van der Waals surface area contributed by atoms with Crippen LogP contribution >= 0.6 is 0 Å². The summed E-state index contributed by atoms with van der Waals surface area (Å²) in [5.74, 6) is -0.253. The van der Waals surface area contributed by atoms with Gasteiger partial charge >= 0.3 is 5.97 Å². The molecule has 1 aliphatic rings. The molecule has 0 aromatic heterocycles. The maximum atomic E-state index is 11.6. The van der Waals surface area contributed by atoms with Crippen molar-refractivity contribution in [2.45, 2.75) is 142 Å². The lowest BCUT2D eigenvalue weighted by Gasteiger charge is -2.28. The number of rotatable bonds is 18. The summed E-state index contributed by atoms with van der Waals surface area (Å²) in [6.07, 6.45) is 23.7. The first-order valence-electron chi connectivity index (χ1n) is 12.6. The van der Waals surface area contributed by atoms with Gasteiger partial charge < -0.3 is 9.47 Å². The molecule has 29 heavy (non-hydrogen) atoms. The summed E-state index contributed by atoms with van der Waals surface area (Å²) in [7, 11) is 0. The SMILES string of the molecule is C=C(C)C(=O)OC1CCC(OCCCCCCCCCCCCCCCC)CC1. The van der Waals surface area contributed by atoms with Crippen molar-refractivity contribution < 1.29 is 14.3 Å². The third kappa shape index (κ3) is 14.7. The van der Waals surface area contributed by atoms with Gasteiger partial charge in [-0.05, 0) is 39.0 Å². The Morgan fingerprint density at radius 1 is 0.724 bits per heavy atom. The Hall–Kier alpha value is -0.830. The monoisotopic (exact) mass is 408 g/mol. The molecule has 0 aromatic rings. The van der Waals surface area contributed by atoms with E-state index < -0.39 is 0 Å². The second-order valence-corrected chi connectivity index (χ2v) is 9.05. The third-order valence-corrected chi connectivity index (χ3v) is 6.09. The average Bonchev–Trinajstić information content (AvgIpc) is 2.72. The first kappa shape index (κ1) is 26.2. The summed E-state index contributed by atoms with van der Waals surface area (Å²) in [5.41, 5.74) is 0.487. The second-order valence-electron chi connectivity index (χ2n) is 9.05. The topological polar surface area (TPSA) is 35.5 Å². The molecule has 3 nitrogen and oxygen atoms in total. The molecule has 0 radical (unpaired) electrons. The fourth-order valence-corrected chi connectivity index (χ4v) is 4.12. The van der Waals surface area contributed by atoms with Crippen LogP contribution in [0.25, 0.3) is 0 Å². The third-order valence-electron chi connectivity index (χ3n) is 6.09. The molecule has 0 unspecified atom stereocenters. The van der Waals surface area contributed by atoms with Gasteiger partial charge in [-0.1, -0.05) is 97.0 Å². The van der Waals surface area contributed by atoms with Crippen LogP contribution in [-0.4, -0.2) is 24.8 Å². The van der Waals surface area contributed by atoms with Crippen LogP contribution < -0.4 is 0 Å². The van der Waals surface area contributed by atoms with Gasteiger partial charge in [-0.25, -0.2) is 4.79 Å². The molecule has 0 spiro atoms. The van der Waals surface area contributed by atoms with E-state index in [4.69, 9.17) is 9.47 Å². The summed E-state index contributed by atoms with van der Waals surface area (Å²) in [6.45, 7) is 8.51. The van der Waals surface area contributed by atoms with Crippen molar-refractivity contribution in [1.82, 2.24) is 0 Å². The molecular formula is C26H48O3. The quantitative estimate of drug-likeness (QED) is 0.131. The van der Waals surface area contributed by atoms with Crippen molar-refractivity contribution >= 4 is 5.97 Å². The summed E-state index contributed by atoms with van der Waals surface area (Å²) >= 11 is 0. The van der Waals surface area contributed by atoms with Crippen LogP contribution in [0.3, 0.4) is 0 Å².